The van der Waals surface area contributed by atoms with Crippen molar-refractivity contribution in [3.05, 3.63) is 0 Å². The Labute approximate surface area is 93.5 Å². The number of nitrogens with one attached hydrogen (secondary N) is 1. The average Bonchev–Trinajstić information content (AvgIpc) is 2.13. The molecular formula is C12H25N3. The third-order valence-corrected chi connectivity index (χ3v) is 3.36. The van der Waals surface area contributed by atoms with Crippen LogP contribution in [0.1, 0.15) is 45.4 Å². The molecule has 0 atom stereocenters. The molecular weight excluding hydrogens is 186 g/mol. The van der Waals surface area contributed by atoms with Crippen molar-refractivity contribution in [3.8, 4) is 0 Å². The van der Waals surface area contributed by atoms with E-state index in [0.717, 1.165) is 25.3 Å². The maximum absolute atomic E-state index is 7.14. The fraction of sp³-hybridized carbons (Fsp3) is 0.917. The van der Waals surface area contributed by atoms with Crippen molar-refractivity contribution < 1.29 is 0 Å². The van der Waals surface area contributed by atoms with Gasteiger partial charge in [0.05, 0.1) is 5.84 Å². The molecule has 0 aromatic rings. The topological polar surface area (TPSA) is 53.1 Å². The van der Waals surface area contributed by atoms with Gasteiger partial charge in [-0.25, -0.2) is 0 Å². The van der Waals surface area contributed by atoms with Gasteiger partial charge < -0.3 is 10.6 Å². The molecule has 1 aliphatic carbocycles. The van der Waals surface area contributed by atoms with Gasteiger partial charge in [0, 0.05) is 13.0 Å². The quantitative estimate of drug-likeness (QED) is 0.367. The van der Waals surface area contributed by atoms with Gasteiger partial charge in [-0.1, -0.05) is 13.3 Å². The second kappa shape index (κ2) is 6.83. The van der Waals surface area contributed by atoms with Crippen LogP contribution in [0.4, 0.5) is 0 Å². The summed E-state index contributed by atoms with van der Waals surface area (Å²) in [4.78, 5) is 2.55. The molecule has 15 heavy (non-hydrogen) atoms. The van der Waals surface area contributed by atoms with E-state index in [2.05, 4.69) is 11.8 Å². The van der Waals surface area contributed by atoms with Crippen molar-refractivity contribution in [1.29, 1.82) is 5.41 Å². The van der Waals surface area contributed by atoms with E-state index in [1.165, 1.54) is 38.8 Å². The number of amidine groups is 1. The predicted molar refractivity (Wildman–Crippen MR) is 65.2 cm³/mol. The standard InChI is InChI=1S/C12H25N3/c1-2-15(10-11-6-5-7-11)9-4-3-8-12(13)14/h11H,2-10H2,1H3,(H3,13,14). The number of hydrogen-bond donors (Lipinski definition) is 2. The summed E-state index contributed by atoms with van der Waals surface area (Å²) in [6.45, 7) is 5.87. The lowest BCUT2D eigenvalue weighted by atomic mass is 9.85. The van der Waals surface area contributed by atoms with Gasteiger partial charge in [0.25, 0.3) is 0 Å². The lowest BCUT2D eigenvalue weighted by Gasteiger charge is -2.31. The van der Waals surface area contributed by atoms with Crippen molar-refractivity contribution in [1.82, 2.24) is 4.90 Å². The van der Waals surface area contributed by atoms with E-state index >= 15 is 0 Å². The third-order valence-electron chi connectivity index (χ3n) is 3.36. The smallest absolute Gasteiger partial charge is 0.0905 e. The second-order valence-corrected chi connectivity index (χ2v) is 4.67. The predicted octanol–water partition coefficient (Wildman–Crippen LogP) is 2.21. The summed E-state index contributed by atoms with van der Waals surface area (Å²) in [5.41, 5.74) is 5.32. The largest absolute Gasteiger partial charge is 0.388 e. The zero-order valence-electron chi connectivity index (χ0n) is 9.97. The van der Waals surface area contributed by atoms with Crippen LogP contribution in [-0.2, 0) is 0 Å². The van der Waals surface area contributed by atoms with Gasteiger partial charge in [-0.15, -0.1) is 0 Å². The number of nitrogens with zero attached hydrogens (tertiary/aromatic N) is 1. The molecule has 88 valence electrons. The molecule has 1 aliphatic rings. The zero-order chi connectivity index (χ0) is 11.1. The Morgan fingerprint density at radius 1 is 1.40 bits per heavy atom. The van der Waals surface area contributed by atoms with Crippen molar-refractivity contribution in [2.45, 2.75) is 45.4 Å². The van der Waals surface area contributed by atoms with Crippen LogP contribution in [0.15, 0.2) is 0 Å². The van der Waals surface area contributed by atoms with Gasteiger partial charge >= 0.3 is 0 Å². The zero-order valence-corrected chi connectivity index (χ0v) is 9.97. The SMILES string of the molecule is CCN(CCCCC(=N)N)CC1CCC1. The van der Waals surface area contributed by atoms with Crippen molar-refractivity contribution in [2.24, 2.45) is 11.7 Å². The van der Waals surface area contributed by atoms with Gasteiger partial charge in [0.1, 0.15) is 0 Å². The summed E-state index contributed by atoms with van der Waals surface area (Å²) in [5.74, 6) is 1.30. The molecule has 3 N–H and O–H groups in total. The normalized spacial score (nSPS) is 16.7. The molecule has 3 nitrogen and oxygen atoms in total. The Morgan fingerprint density at radius 3 is 2.60 bits per heavy atom. The first-order valence-electron chi connectivity index (χ1n) is 6.27. The highest BCUT2D eigenvalue weighted by molar-refractivity contribution is 5.76. The number of hydrogen-bond acceptors (Lipinski definition) is 2. The molecule has 0 bridgehead atoms. The van der Waals surface area contributed by atoms with Gasteiger partial charge in [-0.05, 0) is 44.7 Å². The molecule has 0 spiro atoms. The second-order valence-electron chi connectivity index (χ2n) is 4.67. The molecule has 0 unspecified atom stereocenters. The molecule has 0 saturated heterocycles. The van der Waals surface area contributed by atoms with Crippen LogP contribution in [0.5, 0.6) is 0 Å². The molecule has 0 heterocycles. The van der Waals surface area contributed by atoms with Gasteiger partial charge in [-0.3, -0.25) is 5.41 Å². The fourth-order valence-corrected chi connectivity index (χ4v) is 2.07. The summed E-state index contributed by atoms with van der Waals surface area (Å²) in [6, 6.07) is 0. The van der Waals surface area contributed by atoms with Gasteiger partial charge in [0.15, 0.2) is 0 Å². The van der Waals surface area contributed by atoms with E-state index in [9.17, 15) is 0 Å². The maximum Gasteiger partial charge on any atom is 0.0905 e. The first-order valence-corrected chi connectivity index (χ1v) is 6.27. The van der Waals surface area contributed by atoms with E-state index in [1.54, 1.807) is 0 Å². The molecule has 3 heteroatoms. The molecule has 0 aromatic carbocycles. The van der Waals surface area contributed by atoms with Crippen LogP contribution in [0, 0.1) is 11.3 Å². The maximum atomic E-state index is 7.14. The monoisotopic (exact) mass is 211 g/mol. The van der Waals surface area contributed by atoms with E-state index in [1.807, 2.05) is 0 Å². The molecule has 0 aromatic heterocycles. The van der Waals surface area contributed by atoms with Gasteiger partial charge in [-0.2, -0.15) is 0 Å². The minimum atomic E-state index is 0.331. The lowest BCUT2D eigenvalue weighted by molar-refractivity contribution is 0.182. The molecule has 1 rings (SSSR count). The Morgan fingerprint density at radius 2 is 2.13 bits per heavy atom. The molecule has 0 radical (unpaired) electrons. The number of unbranched alkanes of at least 4 members (excludes halogenated alkanes) is 1. The molecule has 1 fully saturated rings. The average molecular weight is 211 g/mol. The van der Waals surface area contributed by atoms with Crippen LogP contribution in [-0.4, -0.2) is 30.4 Å². The molecule has 1 saturated carbocycles. The first kappa shape index (κ1) is 12.5. The van der Waals surface area contributed by atoms with E-state index in [0.29, 0.717) is 5.84 Å². The van der Waals surface area contributed by atoms with E-state index < -0.39 is 0 Å². The van der Waals surface area contributed by atoms with Crippen LogP contribution < -0.4 is 5.73 Å². The van der Waals surface area contributed by atoms with Gasteiger partial charge in [0.2, 0.25) is 0 Å². The van der Waals surface area contributed by atoms with E-state index in [4.69, 9.17) is 11.1 Å². The summed E-state index contributed by atoms with van der Waals surface area (Å²) in [5, 5.41) is 7.14. The highest BCUT2D eigenvalue weighted by Crippen LogP contribution is 2.27. The molecule has 0 amide bonds. The minimum Gasteiger partial charge on any atom is -0.388 e. The fourth-order valence-electron chi connectivity index (χ4n) is 2.07. The lowest BCUT2D eigenvalue weighted by Crippen LogP contribution is -2.33. The Bertz CT molecular complexity index is 187. The van der Waals surface area contributed by atoms with Crippen molar-refractivity contribution >= 4 is 5.84 Å². The van der Waals surface area contributed by atoms with Crippen LogP contribution in [0.2, 0.25) is 0 Å². The summed E-state index contributed by atoms with van der Waals surface area (Å²) < 4.78 is 0. The number of nitrogens with two attached hydrogens (primary N) is 1. The Balaban J connectivity index is 2.02. The van der Waals surface area contributed by atoms with Crippen LogP contribution >= 0.6 is 0 Å². The minimum absolute atomic E-state index is 0.331. The summed E-state index contributed by atoms with van der Waals surface area (Å²) >= 11 is 0. The third kappa shape index (κ3) is 5.17. The van der Waals surface area contributed by atoms with Crippen LogP contribution in [0.25, 0.3) is 0 Å². The highest BCUT2D eigenvalue weighted by atomic mass is 15.1. The van der Waals surface area contributed by atoms with E-state index in [-0.39, 0.29) is 0 Å². The summed E-state index contributed by atoms with van der Waals surface area (Å²) in [6.07, 6.45) is 7.32. The highest BCUT2D eigenvalue weighted by Gasteiger charge is 2.19. The van der Waals surface area contributed by atoms with Crippen molar-refractivity contribution in [2.75, 3.05) is 19.6 Å². The summed E-state index contributed by atoms with van der Waals surface area (Å²) in [7, 11) is 0. The number of rotatable bonds is 8. The molecule has 0 aliphatic heterocycles. The van der Waals surface area contributed by atoms with Crippen molar-refractivity contribution in [3.63, 3.8) is 0 Å². The Kier molecular flexibility index (Phi) is 5.69. The Hall–Kier alpha value is -0.570. The first-order chi connectivity index (χ1) is 7.22. The van der Waals surface area contributed by atoms with Crippen LogP contribution in [0.3, 0.4) is 0 Å².